The van der Waals surface area contributed by atoms with Gasteiger partial charge in [0.05, 0.1) is 12.8 Å². The average Bonchev–Trinajstić information content (AvgIpc) is 2.29. The van der Waals surface area contributed by atoms with E-state index >= 15 is 0 Å². The van der Waals surface area contributed by atoms with Crippen molar-refractivity contribution in [2.75, 3.05) is 25.5 Å². The smallest absolute Gasteiger partial charge is 0.141 e. The lowest BCUT2D eigenvalue weighted by atomic mass is 9.90. The number of rotatable bonds is 6. The summed E-state index contributed by atoms with van der Waals surface area (Å²) in [5, 5.41) is 3.37. The maximum Gasteiger partial charge on any atom is 0.141 e. The predicted molar refractivity (Wildman–Crippen MR) is 68.9 cm³/mol. The molecule has 1 rings (SSSR count). The van der Waals surface area contributed by atoms with Crippen LogP contribution in [0.3, 0.4) is 0 Å². The maximum atomic E-state index is 5.69. The molecule has 0 heterocycles. The topological polar surface area (TPSA) is 47.3 Å². The normalized spacial score (nSPS) is 11.2. The molecule has 0 radical (unpaired) electrons. The molecule has 0 amide bonds. The molecule has 0 saturated heterocycles. The predicted octanol–water partition coefficient (Wildman–Crippen LogP) is 2.48. The Balaban J connectivity index is 2.49. The second-order valence-corrected chi connectivity index (χ2v) is 4.75. The summed E-state index contributed by atoms with van der Waals surface area (Å²) >= 11 is 0. The lowest BCUT2D eigenvalue weighted by Gasteiger charge is -2.22. The molecule has 3 heteroatoms. The number of nitrogens with two attached hydrogens (primary N) is 1. The van der Waals surface area contributed by atoms with Crippen molar-refractivity contribution >= 4 is 5.69 Å². The van der Waals surface area contributed by atoms with E-state index in [2.05, 4.69) is 19.2 Å². The van der Waals surface area contributed by atoms with Gasteiger partial charge in [0.25, 0.3) is 0 Å². The fourth-order valence-corrected chi connectivity index (χ4v) is 1.43. The Hall–Kier alpha value is -1.22. The van der Waals surface area contributed by atoms with Crippen molar-refractivity contribution < 1.29 is 4.74 Å². The van der Waals surface area contributed by atoms with Crippen molar-refractivity contribution in [3.05, 3.63) is 24.3 Å². The number of hydrogen-bond acceptors (Lipinski definition) is 3. The molecule has 3 nitrogen and oxygen atoms in total. The Bertz CT molecular complexity index is 323. The summed E-state index contributed by atoms with van der Waals surface area (Å²) in [7, 11) is 1.68. The quantitative estimate of drug-likeness (QED) is 0.777. The minimum Gasteiger partial charge on any atom is -0.495 e. The Labute approximate surface area is 98.0 Å². The van der Waals surface area contributed by atoms with E-state index in [4.69, 9.17) is 10.5 Å². The summed E-state index contributed by atoms with van der Waals surface area (Å²) in [6, 6.07) is 7.94. The zero-order chi connectivity index (χ0) is 12.0. The van der Waals surface area contributed by atoms with E-state index in [1.807, 2.05) is 24.3 Å². The molecule has 1 aromatic carbocycles. The van der Waals surface area contributed by atoms with Crippen molar-refractivity contribution in [3.8, 4) is 5.75 Å². The summed E-state index contributed by atoms with van der Waals surface area (Å²) in [4.78, 5) is 0. The first kappa shape index (κ1) is 12.8. The van der Waals surface area contributed by atoms with Gasteiger partial charge in [-0.15, -0.1) is 0 Å². The molecule has 0 spiro atoms. The molecule has 16 heavy (non-hydrogen) atoms. The summed E-state index contributed by atoms with van der Waals surface area (Å²) < 4.78 is 5.27. The summed E-state index contributed by atoms with van der Waals surface area (Å²) in [5.74, 6) is 0.882. The van der Waals surface area contributed by atoms with Gasteiger partial charge in [-0.2, -0.15) is 0 Å². The highest BCUT2D eigenvalue weighted by Gasteiger charge is 2.14. The van der Waals surface area contributed by atoms with Crippen molar-refractivity contribution in [1.29, 1.82) is 0 Å². The van der Waals surface area contributed by atoms with Crippen LogP contribution in [0.4, 0.5) is 5.69 Å². The van der Waals surface area contributed by atoms with E-state index in [0.717, 1.165) is 24.4 Å². The van der Waals surface area contributed by atoms with E-state index in [9.17, 15) is 0 Å². The first-order valence-corrected chi connectivity index (χ1v) is 5.66. The van der Waals surface area contributed by atoms with Gasteiger partial charge >= 0.3 is 0 Å². The van der Waals surface area contributed by atoms with Gasteiger partial charge in [-0.05, 0) is 30.5 Å². The average molecular weight is 222 g/mol. The second kappa shape index (κ2) is 5.75. The van der Waals surface area contributed by atoms with Gasteiger partial charge in [0.15, 0.2) is 0 Å². The highest BCUT2D eigenvalue weighted by molar-refractivity contribution is 5.55. The van der Waals surface area contributed by atoms with Gasteiger partial charge in [-0.25, -0.2) is 0 Å². The molecule has 0 atom stereocenters. The first-order valence-electron chi connectivity index (χ1n) is 5.66. The number of nitrogens with one attached hydrogen (secondary N) is 1. The third kappa shape index (κ3) is 3.74. The Morgan fingerprint density at radius 2 is 2.00 bits per heavy atom. The SMILES string of the molecule is COc1ccccc1NCCC(C)(C)CN. The van der Waals surface area contributed by atoms with E-state index in [1.165, 1.54) is 0 Å². The monoisotopic (exact) mass is 222 g/mol. The van der Waals surface area contributed by atoms with Crippen LogP contribution >= 0.6 is 0 Å². The number of ether oxygens (including phenoxy) is 1. The van der Waals surface area contributed by atoms with E-state index in [1.54, 1.807) is 7.11 Å². The van der Waals surface area contributed by atoms with Gasteiger partial charge in [-0.1, -0.05) is 26.0 Å². The standard InChI is InChI=1S/C13H22N2O/c1-13(2,10-14)8-9-15-11-6-4-5-7-12(11)16-3/h4-7,15H,8-10,14H2,1-3H3. The van der Waals surface area contributed by atoms with Gasteiger partial charge in [-0.3, -0.25) is 0 Å². The third-order valence-corrected chi connectivity index (χ3v) is 2.78. The van der Waals surface area contributed by atoms with Crippen molar-refractivity contribution in [2.45, 2.75) is 20.3 Å². The number of hydrogen-bond donors (Lipinski definition) is 2. The number of anilines is 1. The number of methoxy groups -OCH3 is 1. The molecule has 0 aliphatic rings. The Morgan fingerprint density at radius 3 is 2.62 bits per heavy atom. The van der Waals surface area contributed by atoms with Crippen molar-refractivity contribution in [1.82, 2.24) is 0 Å². The molecule has 0 fully saturated rings. The fourth-order valence-electron chi connectivity index (χ4n) is 1.43. The van der Waals surface area contributed by atoms with Crippen LogP contribution in [0.2, 0.25) is 0 Å². The van der Waals surface area contributed by atoms with Crippen LogP contribution in [0.1, 0.15) is 20.3 Å². The molecular formula is C13H22N2O. The molecule has 0 aliphatic carbocycles. The van der Waals surface area contributed by atoms with Crippen LogP contribution in [-0.4, -0.2) is 20.2 Å². The van der Waals surface area contributed by atoms with E-state index < -0.39 is 0 Å². The molecule has 90 valence electrons. The van der Waals surface area contributed by atoms with Crippen LogP contribution in [0.25, 0.3) is 0 Å². The minimum atomic E-state index is 0.189. The Kier molecular flexibility index (Phi) is 4.62. The van der Waals surface area contributed by atoms with Gasteiger partial charge in [0.2, 0.25) is 0 Å². The van der Waals surface area contributed by atoms with E-state index in [-0.39, 0.29) is 5.41 Å². The summed E-state index contributed by atoms with van der Waals surface area (Å²) in [6.07, 6.45) is 1.04. The maximum absolute atomic E-state index is 5.69. The zero-order valence-corrected chi connectivity index (χ0v) is 10.4. The van der Waals surface area contributed by atoms with Crippen LogP contribution in [0.15, 0.2) is 24.3 Å². The molecular weight excluding hydrogens is 200 g/mol. The van der Waals surface area contributed by atoms with Gasteiger partial charge < -0.3 is 15.8 Å². The molecule has 0 saturated carbocycles. The van der Waals surface area contributed by atoms with Gasteiger partial charge in [0, 0.05) is 6.54 Å². The van der Waals surface area contributed by atoms with Crippen LogP contribution < -0.4 is 15.8 Å². The van der Waals surface area contributed by atoms with Crippen LogP contribution in [-0.2, 0) is 0 Å². The summed E-state index contributed by atoms with van der Waals surface area (Å²) in [6.45, 7) is 5.97. The second-order valence-electron chi connectivity index (χ2n) is 4.75. The molecule has 0 unspecified atom stereocenters. The van der Waals surface area contributed by atoms with Crippen molar-refractivity contribution in [2.24, 2.45) is 11.1 Å². The number of benzene rings is 1. The molecule has 3 N–H and O–H groups in total. The lowest BCUT2D eigenvalue weighted by Crippen LogP contribution is -2.26. The lowest BCUT2D eigenvalue weighted by molar-refractivity contribution is 0.357. The van der Waals surface area contributed by atoms with Gasteiger partial charge in [0.1, 0.15) is 5.75 Å². The zero-order valence-electron chi connectivity index (χ0n) is 10.4. The molecule has 0 bridgehead atoms. The largest absolute Gasteiger partial charge is 0.495 e. The summed E-state index contributed by atoms with van der Waals surface area (Å²) in [5.41, 5.74) is 6.92. The third-order valence-electron chi connectivity index (χ3n) is 2.78. The van der Waals surface area contributed by atoms with Crippen LogP contribution in [0.5, 0.6) is 5.75 Å². The number of para-hydroxylation sites is 2. The molecule has 0 aliphatic heterocycles. The molecule has 0 aromatic heterocycles. The fraction of sp³-hybridized carbons (Fsp3) is 0.538. The minimum absolute atomic E-state index is 0.189. The van der Waals surface area contributed by atoms with E-state index in [0.29, 0.717) is 6.54 Å². The molecule has 1 aromatic rings. The highest BCUT2D eigenvalue weighted by atomic mass is 16.5. The van der Waals surface area contributed by atoms with Crippen LogP contribution in [0, 0.1) is 5.41 Å². The highest BCUT2D eigenvalue weighted by Crippen LogP contribution is 2.24. The first-order chi connectivity index (χ1) is 7.59. The Morgan fingerprint density at radius 1 is 1.31 bits per heavy atom. The van der Waals surface area contributed by atoms with Crippen molar-refractivity contribution in [3.63, 3.8) is 0 Å².